The van der Waals surface area contributed by atoms with Gasteiger partial charge in [0.25, 0.3) is 5.91 Å². The van der Waals surface area contributed by atoms with E-state index in [1.54, 1.807) is 17.4 Å². The van der Waals surface area contributed by atoms with Crippen LogP contribution in [0, 0.1) is 0 Å². The van der Waals surface area contributed by atoms with Crippen LogP contribution in [0.5, 0.6) is 0 Å². The van der Waals surface area contributed by atoms with Crippen LogP contribution >= 0.6 is 11.3 Å². The molecule has 6 heteroatoms. The molecule has 2 N–H and O–H groups in total. The van der Waals surface area contributed by atoms with Gasteiger partial charge in [-0.05, 0) is 41.6 Å². The molecular formula is C24H21N3O2S. The second kappa shape index (κ2) is 8.88. The Bertz CT molecular complexity index is 1200. The monoisotopic (exact) mass is 415 g/mol. The summed E-state index contributed by atoms with van der Waals surface area (Å²) in [4.78, 5) is 31.0. The average molecular weight is 416 g/mol. The van der Waals surface area contributed by atoms with Crippen molar-refractivity contribution in [3.63, 3.8) is 0 Å². The summed E-state index contributed by atoms with van der Waals surface area (Å²) in [7, 11) is 0. The van der Waals surface area contributed by atoms with Gasteiger partial charge in [0.2, 0.25) is 5.91 Å². The number of aromatic nitrogens is 1. The highest BCUT2D eigenvalue weighted by Crippen LogP contribution is 2.27. The largest absolute Gasteiger partial charge is 0.343 e. The molecule has 150 valence electrons. The molecule has 2 amide bonds. The van der Waals surface area contributed by atoms with Gasteiger partial charge in [0.05, 0.1) is 28.2 Å². The van der Waals surface area contributed by atoms with E-state index in [9.17, 15) is 9.59 Å². The maximum absolute atomic E-state index is 12.9. The molecule has 0 fully saturated rings. The lowest BCUT2D eigenvalue weighted by Gasteiger charge is -2.12. The summed E-state index contributed by atoms with van der Waals surface area (Å²) in [6.45, 7) is 1.92. The minimum absolute atomic E-state index is 0.109. The Balaban J connectivity index is 1.54. The van der Waals surface area contributed by atoms with Gasteiger partial charge in [0.15, 0.2) is 0 Å². The topological polar surface area (TPSA) is 71.1 Å². The van der Waals surface area contributed by atoms with E-state index in [-0.39, 0.29) is 18.4 Å². The van der Waals surface area contributed by atoms with Crippen molar-refractivity contribution in [3.05, 3.63) is 83.2 Å². The van der Waals surface area contributed by atoms with Crippen molar-refractivity contribution in [2.45, 2.75) is 13.3 Å². The van der Waals surface area contributed by atoms with Crippen LogP contribution in [0.1, 0.15) is 22.8 Å². The van der Waals surface area contributed by atoms with Crippen molar-refractivity contribution in [1.82, 2.24) is 10.3 Å². The van der Waals surface area contributed by atoms with Crippen molar-refractivity contribution in [2.24, 2.45) is 0 Å². The van der Waals surface area contributed by atoms with E-state index in [0.29, 0.717) is 5.56 Å². The SMILES string of the molecule is CCc1ccccc1NC(=O)CNC(=O)c1cc(-c2cccs2)nc2ccccc12. The lowest BCUT2D eigenvalue weighted by Crippen LogP contribution is -2.33. The predicted octanol–water partition coefficient (Wildman–Crippen LogP) is 4.89. The first kappa shape index (κ1) is 19.8. The Morgan fingerprint density at radius 1 is 1.00 bits per heavy atom. The van der Waals surface area contributed by atoms with Gasteiger partial charge in [0.1, 0.15) is 0 Å². The van der Waals surface area contributed by atoms with Crippen LogP contribution in [0.25, 0.3) is 21.5 Å². The minimum Gasteiger partial charge on any atom is -0.343 e. The number of amides is 2. The number of hydrogen-bond acceptors (Lipinski definition) is 4. The summed E-state index contributed by atoms with van der Waals surface area (Å²) >= 11 is 1.57. The van der Waals surface area contributed by atoms with Gasteiger partial charge in [-0.25, -0.2) is 4.98 Å². The zero-order valence-electron chi connectivity index (χ0n) is 16.5. The first-order valence-corrected chi connectivity index (χ1v) is 10.6. The van der Waals surface area contributed by atoms with Gasteiger partial charge in [-0.1, -0.05) is 49.4 Å². The van der Waals surface area contributed by atoms with Crippen molar-refractivity contribution in [3.8, 4) is 10.6 Å². The highest BCUT2D eigenvalue weighted by Gasteiger charge is 2.15. The van der Waals surface area contributed by atoms with Crippen LogP contribution in [0.4, 0.5) is 5.69 Å². The van der Waals surface area contributed by atoms with Gasteiger partial charge >= 0.3 is 0 Å². The molecule has 0 aliphatic heterocycles. The highest BCUT2D eigenvalue weighted by molar-refractivity contribution is 7.13. The molecule has 2 aromatic heterocycles. The summed E-state index contributed by atoms with van der Waals surface area (Å²) in [6.07, 6.45) is 0.817. The van der Waals surface area contributed by atoms with Crippen molar-refractivity contribution in [1.29, 1.82) is 0 Å². The molecule has 0 spiro atoms. The van der Waals surface area contributed by atoms with Crippen LogP contribution in [0.2, 0.25) is 0 Å². The summed E-state index contributed by atoms with van der Waals surface area (Å²) in [5.41, 5.74) is 3.82. The van der Waals surface area contributed by atoms with Crippen LogP contribution in [-0.2, 0) is 11.2 Å². The number of para-hydroxylation sites is 2. The quantitative estimate of drug-likeness (QED) is 0.471. The van der Waals surface area contributed by atoms with E-state index in [1.165, 1.54) is 0 Å². The molecule has 0 aliphatic rings. The predicted molar refractivity (Wildman–Crippen MR) is 122 cm³/mol. The van der Waals surface area contributed by atoms with Gasteiger partial charge in [-0.2, -0.15) is 0 Å². The highest BCUT2D eigenvalue weighted by atomic mass is 32.1. The third kappa shape index (κ3) is 4.23. The normalized spacial score (nSPS) is 10.7. The molecule has 2 heterocycles. The molecule has 0 aliphatic carbocycles. The maximum Gasteiger partial charge on any atom is 0.252 e. The van der Waals surface area contributed by atoms with Crippen LogP contribution in [0.3, 0.4) is 0 Å². The van der Waals surface area contributed by atoms with Gasteiger partial charge in [-0.15, -0.1) is 11.3 Å². The molecule has 0 atom stereocenters. The van der Waals surface area contributed by atoms with Crippen LogP contribution in [-0.4, -0.2) is 23.3 Å². The molecule has 2 aromatic carbocycles. The molecule has 4 rings (SSSR count). The number of nitrogens with one attached hydrogen (secondary N) is 2. The number of rotatable bonds is 6. The number of hydrogen-bond donors (Lipinski definition) is 2. The van der Waals surface area contributed by atoms with E-state index in [0.717, 1.165) is 39.1 Å². The molecule has 5 nitrogen and oxygen atoms in total. The van der Waals surface area contributed by atoms with Gasteiger partial charge in [0, 0.05) is 11.1 Å². The van der Waals surface area contributed by atoms with E-state index in [4.69, 9.17) is 0 Å². The second-order valence-electron chi connectivity index (χ2n) is 6.79. The zero-order chi connectivity index (χ0) is 20.9. The first-order valence-electron chi connectivity index (χ1n) is 9.75. The fourth-order valence-corrected chi connectivity index (χ4v) is 4.00. The third-order valence-electron chi connectivity index (χ3n) is 4.82. The van der Waals surface area contributed by atoms with Crippen molar-refractivity contribution < 1.29 is 9.59 Å². The molecule has 0 bridgehead atoms. The Hall–Kier alpha value is -3.51. The Labute approximate surface area is 178 Å². The zero-order valence-corrected chi connectivity index (χ0v) is 17.3. The smallest absolute Gasteiger partial charge is 0.252 e. The Morgan fingerprint density at radius 3 is 2.60 bits per heavy atom. The summed E-state index contributed by atoms with van der Waals surface area (Å²) < 4.78 is 0. The van der Waals surface area contributed by atoms with Gasteiger partial charge < -0.3 is 10.6 Å². The second-order valence-corrected chi connectivity index (χ2v) is 7.74. The number of fused-ring (bicyclic) bond motifs is 1. The molecule has 0 saturated heterocycles. The maximum atomic E-state index is 12.9. The number of benzene rings is 2. The minimum atomic E-state index is -0.301. The summed E-state index contributed by atoms with van der Waals surface area (Å²) in [5, 5.41) is 8.35. The van der Waals surface area contributed by atoms with E-state index >= 15 is 0 Å². The number of carbonyl (C=O) groups excluding carboxylic acids is 2. The van der Waals surface area contributed by atoms with Crippen molar-refractivity contribution in [2.75, 3.05) is 11.9 Å². The first-order chi connectivity index (χ1) is 14.7. The van der Waals surface area contributed by atoms with Gasteiger partial charge in [-0.3, -0.25) is 9.59 Å². The molecule has 0 radical (unpaired) electrons. The molecule has 0 unspecified atom stereocenters. The summed E-state index contributed by atoms with van der Waals surface area (Å²) in [5.74, 6) is -0.563. The average Bonchev–Trinajstić information content (AvgIpc) is 3.32. The van der Waals surface area contributed by atoms with Crippen LogP contribution in [0.15, 0.2) is 72.1 Å². The fourth-order valence-electron chi connectivity index (χ4n) is 3.31. The molecule has 30 heavy (non-hydrogen) atoms. The number of aryl methyl sites for hydroxylation is 1. The fraction of sp³-hybridized carbons (Fsp3) is 0.125. The van der Waals surface area contributed by atoms with Crippen LogP contribution < -0.4 is 10.6 Å². The lowest BCUT2D eigenvalue weighted by atomic mass is 10.1. The standard InChI is InChI=1S/C24H21N3O2S/c1-2-16-8-3-5-10-19(16)27-23(28)15-25-24(29)18-14-21(22-12-7-13-30-22)26-20-11-6-4-9-17(18)20/h3-14H,2,15H2,1H3,(H,25,29)(H,27,28). The lowest BCUT2D eigenvalue weighted by molar-refractivity contribution is -0.115. The number of thiophene rings is 1. The number of nitrogens with zero attached hydrogens (tertiary/aromatic N) is 1. The van der Waals surface area contributed by atoms with E-state index in [2.05, 4.69) is 15.6 Å². The third-order valence-corrected chi connectivity index (χ3v) is 5.71. The van der Waals surface area contributed by atoms with E-state index < -0.39 is 0 Å². The molecule has 4 aromatic rings. The number of pyridine rings is 1. The number of carbonyl (C=O) groups is 2. The summed E-state index contributed by atoms with van der Waals surface area (Å²) in [6, 6.07) is 20.9. The van der Waals surface area contributed by atoms with E-state index in [1.807, 2.05) is 73.0 Å². The molecular weight excluding hydrogens is 394 g/mol. The number of anilines is 1. The Morgan fingerprint density at radius 2 is 1.80 bits per heavy atom. The van der Waals surface area contributed by atoms with Crippen molar-refractivity contribution >= 4 is 39.7 Å². The molecule has 0 saturated carbocycles. The Kier molecular flexibility index (Phi) is 5.86.